The maximum Gasteiger partial charge on any atom is 0.295 e. The number of benzene rings is 2. The molecule has 2 rings (SSSR count). The van der Waals surface area contributed by atoms with Gasteiger partial charge in [0.05, 0.1) is 0 Å². The first-order valence-electron chi connectivity index (χ1n) is 5.06. The summed E-state index contributed by atoms with van der Waals surface area (Å²) < 4.78 is 31.0. The van der Waals surface area contributed by atoms with Gasteiger partial charge in [0.1, 0.15) is 4.90 Å². The maximum absolute atomic E-state index is 11.0. The molecule has 0 amide bonds. The second-order valence-corrected chi connectivity index (χ2v) is 4.66. The minimum absolute atomic E-state index is 0. The molecule has 2 N–H and O–H groups in total. The van der Waals surface area contributed by atoms with Crippen molar-refractivity contribution < 1.29 is 35.1 Å². The minimum atomic E-state index is -4.13. The van der Waals surface area contributed by atoms with Crippen LogP contribution in [0.1, 0.15) is 6.92 Å². The molecule has 0 aliphatic carbocycles. The van der Waals surface area contributed by atoms with Crippen molar-refractivity contribution in [2.75, 3.05) is 6.61 Å². The third-order valence-corrected chi connectivity index (χ3v) is 2.94. The molecular weight excluding hydrogens is 296 g/mol. The van der Waals surface area contributed by atoms with E-state index < -0.39 is 10.1 Å². The molecule has 0 unspecified atom stereocenters. The molecule has 2 aromatic rings. The fourth-order valence-electron chi connectivity index (χ4n) is 1.42. The van der Waals surface area contributed by atoms with Gasteiger partial charge in [-0.25, -0.2) is 0 Å². The van der Waals surface area contributed by atoms with E-state index in [-0.39, 0.29) is 28.6 Å². The number of hydrogen-bond acceptors (Lipinski definition) is 3. The summed E-state index contributed by atoms with van der Waals surface area (Å²) in [6, 6.07) is 11.8. The fourth-order valence-corrected chi connectivity index (χ4v) is 2.13. The second-order valence-electron chi connectivity index (χ2n) is 3.27. The van der Waals surface area contributed by atoms with Crippen LogP contribution in [0, 0.1) is 0 Å². The smallest absolute Gasteiger partial charge is 0.295 e. The number of fused-ring (bicyclic) bond motifs is 1. The summed E-state index contributed by atoms with van der Waals surface area (Å²) in [4.78, 5) is -0.0457. The van der Waals surface area contributed by atoms with Gasteiger partial charge in [0.15, 0.2) is 0 Å². The Bertz CT molecular complexity index is 591. The largest absolute Gasteiger partial charge is 0.397 e. The number of aliphatic hydroxyl groups is 1. The van der Waals surface area contributed by atoms with Gasteiger partial charge in [-0.15, -0.1) is 0 Å². The zero-order chi connectivity index (χ0) is 12.9. The molecule has 0 heterocycles. The molecule has 0 aliphatic rings. The molecule has 6 heteroatoms. The molecule has 100 valence electrons. The monoisotopic (exact) mass is 310 g/mol. The predicted octanol–water partition coefficient (Wildman–Crippen LogP) is 2.08. The van der Waals surface area contributed by atoms with Crippen LogP contribution in [0.4, 0.5) is 0 Å². The number of rotatable bonds is 1. The van der Waals surface area contributed by atoms with E-state index in [4.69, 9.17) is 9.66 Å². The molecule has 0 radical (unpaired) electrons. The average molecular weight is 310 g/mol. The second kappa shape index (κ2) is 7.51. The standard InChI is InChI=1S/C10H8O3S.C2H6O.Fe/c11-14(12,13)10-7-3-5-8-4-1-2-6-9(8)10;1-2-3;/h1-7H,(H,11,12,13);3H,2H2,1H3;. The Balaban J connectivity index is 0.000000660. The molecule has 0 bridgehead atoms. The summed E-state index contributed by atoms with van der Waals surface area (Å²) in [6.45, 7) is 1.93. The van der Waals surface area contributed by atoms with Crippen LogP contribution in [0.5, 0.6) is 0 Å². The van der Waals surface area contributed by atoms with Gasteiger partial charge in [0.25, 0.3) is 10.1 Å². The molecule has 0 saturated heterocycles. The normalized spacial score (nSPS) is 10.2. The van der Waals surface area contributed by atoms with Crippen molar-refractivity contribution >= 4 is 20.9 Å². The van der Waals surface area contributed by atoms with E-state index in [2.05, 4.69) is 0 Å². The van der Waals surface area contributed by atoms with Gasteiger partial charge >= 0.3 is 0 Å². The quantitative estimate of drug-likeness (QED) is 0.625. The zero-order valence-corrected chi connectivity index (χ0v) is 11.6. The Labute approximate surface area is 117 Å². The van der Waals surface area contributed by atoms with Crippen LogP contribution in [0.2, 0.25) is 0 Å². The van der Waals surface area contributed by atoms with Crippen molar-refractivity contribution in [2.24, 2.45) is 0 Å². The number of aliphatic hydroxyl groups excluding tert-OH is 1. The van der Waals surface area contributed by atoms with E-state index >= 15 is 0 Å². The molecule has 0 spiro atoms. The molecule has 0 aromatic heterocycles. The van der Waals surface area contributed by atoms with Crippen molar-refractivity contribution in [1.82, 2.24) is 0 Å². The van der Waals surface area contributed by atoms with E-state index in [1.54, 1.807) is 37.3 Å². The summed E-state index contributed by atoms with van der Waals surface area (Å²) in [5, 5.41) is 8.90. The minimum Gasteiger partial charge on any atom is -0.397 e. The van der Waals surface area contributed by atoms with Crippen LogP contribution in [-0.4, -0.2) is 24.7 Å². The maximum atomic E-state index is 11.0. The van der Waals surface area contributed by atoms with Crippen LogP contribution in [-0.2, 0) is 27.2 Å². The van der Waals surface area contributed by atoms with E-state index in [9.17, 15) is 8.42 Å². The Morgan fingerprint density at radius 3 is 2.11 bits per heavy atom. The summed E-state index contributed by atoms with van der Waals surface area (Å²) in [5.41, 5.74) is 0. The van der Waals surface area contributed by atoms with Gasteiger partial charge < -0.3 is 5.11 Å². The first-order chi connectivity index (χ1) is 8.00. The average Bonchev–Trinajstić information content (AvgIpc) is 2.28. The first kappa shape index (κ1) is 17.1. The topological polar surface area (TPSA) is 74.6 Å². The summed E-state index contributed by atoms with van der Waals surface area (Å²) in [7, 11) is -4.13. The first-order valence-corrected chi connectivity index (χ1v) is 6.50. The van der Waals surface area contributed by atoms with E-state index in [1.807, 2.05) is 6.07 Å². The van der Waals surface area contributed by atoms with Crippen LogP contribution >= 0.6 is 0 Å². The Kier molecular flexibility index (Phi) is 7.13. The third kappa shape index (κ3) is 4.40. The summed E-state index contributed by atoms with van der Waals surface area (Å²) >= 11 is 0. The fraction of sp³-hybridized carbons (Fsp3) is 0.167. The van der Waals surface area contributed by atoms with Crippen molar-refractivity contribution in [1.29, 1.82) is 0 Å². The van der Waals surface area contributed by atoms with Crippen LogP contribution in [0.3, 0.4) is 0 Å². The van der Waals surface area contributed by atoms with Crippen molar-refractivity contribution in [3.8, 4) is 0 Å². The van der Waals surface area contributed by atoms with Gasteiger partial charge in [0, 0.05) is 29.1 Å². The van der Waals surface area contributed by atoms with E-state index in [0.717, 1.165) is 5.39 Å². The summed E-state index contributed by atoms with van der Waals surface area (Å²) in [5.74, 6) is 0. The Hall–Kier alpha value is -0.911. The predicted molar refractivity (Wildman–Crippen MR) is 66.5 cm³/mol. The SMILES string of the molecule is CCO.O=S(=O)(O)c1cccc2ccccc12.[Fe]. The zero-order valence-electron chi connectivity index (χ0n) is 9.72. The molecule has 2 aromatic carbocycles. The van der Waals surface area contributed by atoms with E-state index in [1.165, 1.54) is 6.07 Å². The van der Waals surface area contributed by atoms with Crippen molar-refractivity contribution in [3.05, 3.63) is 42.5 Å². The van der Waals surface area contributed by atoms with Gasteiger partial charge in [-0.2, -0.15) is 8.42 Å². The molecule has 0 aliphatic heterocycles. The molecule has 18 heavy (non-hydrogen) atoms. The van der Waals surface area contributed by atoms with Gasteiger partial charge in [-0.05, 0) is 18.4 Å². The van der Waals surface area contributed by atoms with Gasteiger partial charge in [0.2, 0.25) is 0 Å². The molecule has 0 atom stereocenters. The van der Waals surface area contributed by atoms with Crippen molar-refractivity contribution in [2.45, 2.75) is 11.8 Å². The van der Waals surface area contributed by atoms with Crippen molar-refractivity contribution in [3.63, 3.8) is 0 Å². The Morgan fingerprint density at radius 2 is 1.56 bits per heavy atom. The molecular formula is C12H14FeO4S. The van der Waals surface area contributed by atoms with Gasteiger partial charge in [-0.1, -0.05) is 36.4 Å². The van der Waals surface area contributed by atoms with E-state index in [0.29, 0.717) is 5.39 Å². The molecule has 0 saturated carbocycles. The van der Waals surface area contributed by atoms with Crippen LogP contribution < -0.4 is 0 Å². The summed E-state index contributed by atoms with van der Waals surface area (Å²) in [6.07, 6.45) is 0. The van der Waals surface area contributed by atoms with Gasteiger partial charge in [-0.3, -0.25) is 4.55 Å². The number of hydrogen-bond donors (Lipinski definition) is 2. The molecule has 0 fully saturated rings. The van der Waals surface area contributed by atoms with Crippen LogP contribution in [0.25, 0.3) is 10.8 Å². The third-order valence-electron chi connectivity index (χ3n) is 2.03. The Morgan fingerprint density at radius 1 is 1.06 bits per heavy atom. The van der Waals surface area contributed by atoms with Crippen LogP contribution in [0.15, 0.2) is 47.4 Å². The molecule has 4 nitrogen and oxygen atoms in total.